The topological polar surface area (TPSA) is 111 Å². The zero-order chi connectivity index (χ0) is 30.1. The molecule has 0 atom stereocenters. The fourth-order valence-electron chi connectivity index (χ4n) is 4.79. The number of piperazine rings is 1. The summed E-state index contributed by atoms with van der Waals surface area (Å²) in [4.78, 5) is 33.5. The van der Waals surface area contributed by atoms with Crippen molar-refractivity contribution in [3.05, 3.63) is 100 Å². The normalized spacial score (nSPS) is 13.2. The van der Waals surface area contributed by atoms with E-state index in [9.17, 15) is 9.59 Å². The summed E-state index contributed by atoms with van der Waals surface area (Å²) in [5.74, 6) is 4.85. The quantitative estimate of drug-likeness (QED) is 0.251. The van der Waals surface area contributed by atoms with Gasteiger partial charge in [-0.15, -0.1) is 0 Å². The number of hydrogen-bond donors (Lipinski definition) is 3. The number of fused-ring (bicyclic) bond motifs is 1. The maximum Gasteiger partial charge on any atom is 0.258 e. The summed E-state index contributed by atoms with van der Waals surface area (Å²) in [6.07, 6.45) is 6.90. The summed E-state index contributed by atoms with van der Waals surface area (Å²) < 4.78 is 16.9. The van der Waals surface area contributed by atoms with E-state index in [0.717, 1.165) is 11.4 Å². The minimum atomic E-state index is -0.669. The lowest BCUT2D eigenvalue weighted by Gasteiger charge is -2.33. The Morgan fingerprint density at radius 1 is 1.12 bits per heavy atom. The van der Waals surface area contributed by atoms with Crippen LogP contribution in [0.1, 0.15) is 27.2 Å². The molecule has 0 bridgehead atoms. The number of carbonyl (C=O) groups excluding carboxylic acids is 2. The van der Waals surface area contributed by atoms with Gasteiger partial charge in [-0.05, 0) is 60.9 Å². The van der Waals surface area contributed by atoms with Gasteiger partial charge in [0.15, 0.2) is 5.65 Å². The summed E-state index contributed by atoms with van der Waals surface area (Å²) in [5, 5.41) is 13.1. The van der Waals surface area contributed by atoms with Crippen LogP contribution in [-0.4, -0.2) is 63.0 Å². The third-order valence-corrected chi connectivity index (χ3v) is 7.38. The second-order valence-electron chi connectivity index (χ2n) is 10.2. The molecule has 10 nitrogen and oxygen atoms in total. The number of nitrogens with one attached hydrogen (secondary N) is 3. The van der Waals surface area contributed by atoms with Crippen LogP contribution in [0.2, 0.25) is 5.02 Å². The van der Waals surface area contributed by atoms with Gasteiger partial charge < -0.3 is 20.4 Å². The molecule has 2 amide bonds. The molecule has 6 rings (SSSR count). The van der Waals surface area contributed by atoms with Crippen molar-refractivity contribution < 1.29 is 14.0 Å². The molecular weight excluding hydrogens is 571 g/mol. The lowest BCUT2D eigenvalue weighted by atomic mass is 10.0. The predicted molar refractivity (Wildman–Crippen MR) is 163 cm³/mol. The Bertz CT molecular complexity index is 1930. The zero-order valence-corrected chi connectivity index (χ0v) is 24.0. The maximum absolute atomic E-state index is 15.0. The number of rotatable bonds is 5. The van der Waals surface area contributed by atoms with Gasteiger partial charge in [-0.2, -0.15) is 5.10 Å². The highest BCUT2D eigenvalue weighted by atomic mass is 35.5. The first-order valence-electron chi connectivity index (χ1n) is 13.4. The van der Waals surface area contributed by atoms with Gasteiger partial charge in [0.1, 0.15) is 11.5 Å². The molecule has 43 heavy (non-hydrogen) atoms. The van der Waals surface area contributed by atoms with Gasteiger partial charge in [0.25, 0.3) is 5.91 Å². The first-order chi connectivity index (χ1) is 20.7. The molecule has 3 N–H and O–H groups in total. The highest BCUT2D eigenvalue weighted by Gasteiger charge is 2.22. The van der Waals surface area contributed by atoms with E-state index in [4.69, 9.17) is 11.6 Å². The van der Waals surface area contributed by atoms with E-state index >= 15 is 4.39 Å². The molecule has 3 aromatic heterocycles. The van der Waals surface area contributed by atoms with Crippen molar-refractivity contribution >= 4 is 51.8 Å². The minimum absolute atomic E-state index is 0.0116. The summed E-state index contributed by atoms with van der Waals surface area (Å²) in [5.41, 5.74) is 4.86. The second kappa shape index (κ2) is 11.5. The zero-order valence-electron chi connectivity index (χ0n) is 23.3. The molecule has 216 valence electrons. The number of anilines is 4. The number of pyridine rings is 1. The lowest BCUT2D eigenvalue weighted by Crippen LogP contribution is -2.48. The molecule has 5 aromatic rings. The van der Waals surface area contributed by atoms with E-state index in [1.165, 1.54) is 12.1 Å². The molecule has 1 fully saturated rings. The third kappa shape index (κ3) is 5.86. The SMILES string of the molecule is Cc1cc(F)c(C(=O)Nc2cc(Cl)cc(N3CCN(C)C(=O)C3)c2)cc1C#Cc1cnc2c(Nc3cn[nH]c3)cccn12. The highest BCUT2D eigenvalue weighted by molar-refractivity contribution is 6.31. The Kier molecular flexibility index (Phi) is 7.44. The summed E-state index contributed by atoms with van der Waals surface area (Å²) in [6.45, 7) is 3.13. The molecule has 0 radical (unpaired) electrons. The molecular formula is C31H26ClFN8O2. The van der Waals surface area contributed by atoms with Crippen LogP contribution in [0, 0.1) is 24.6 Å². The van der Waals surface area contributed by atoms with E-state index in [2.05, 4.69) is 37.7 Å². The van der Waals surface area contributed by atoms with E-state index in [1.807, 2.05) is 27.6 Å². The van der Waals surface area contributed by atoms with Crippen LogP contribution in [0.5, 0.6) is 0 Å². The molecule has 4 heterocycles. The number of aromatic amines is 1. The van der Waals surface area contributed by atoms with Gasteiger partial charge in [0.05, 0.1) is 35.9 Å². The number of aryl methyl sites for hydroxylation is 1. The highest BCUT2D eigenvalue weighted by Crippen LogP contribution is 2.28. The largest absolute Gasteiger partial charge is 0.360 e. The van der Waals surface area contributed by atoms with Crippen LogP contribution < -0.4 is 15.5 Å². The average Bonchev–Trinajstić information content (AvgIpc) is 3.64. The van der Waals surface area contributed by atoms with Crippen molar-refractivity contribution in [2.75, 3.05) is 42.2 Å². The summed E-state index contributed by atoms with van der Waals surface area (Å²) in [6, 6.07) is 11.5. The Balaban J connectivity index is 1.24. The van der Waals surface area contributed by atoms with Crippen molar-refractivity contribution in [2.24, 2.45) is 0 Å². The molecule has 2 aromatic carbocycles. The number of halogens is 2. The number of benzene rings is 2. The van der Waals surface area contributed by atoms with Crippen molar-refractivity contribution in [1.29, 1.82) is 0 Å². The smallest absolute Gasteiger partial charge is 0.258 e. The van der Waals surface area contributed by atoms with Gasteiger partial charge in [-0.25, -0.2) is 9.37 Å². The molecule has 12 heteroatoms. The van der Waals surface area contributed by atoms with Crippen LogP contribution in [0.15, 0.2) is 67.3 Å². The number of aromatic nitrogens is 4. The van der Waals surface area contributed by atoms with Gasteiger partial charge in [-0.3, -0.25) is 19.1 Å². The standard InChI is InChI=1S/C31H26ClFN8O2/c1-19-10-27(33)26(31(43)38-22-12-21(32)13-25(14-22)40-9-8-39(2)29(42)18-40)11-20(19)5-6-24-17-34-30-28(4-3-7-41(24)30)37-23-15-35-36-16-23/h3-4,7,10-17,37H,8-9,18H2,1-2H3,(H,35,36)(H,38,43). The van der Waals surface area contributed by atoms with Crippen LogP contribution in [0.4, 0.5) is 27.1 Å². The van der Waals surface area contributed by atoms with E-state index in [0.29, 0.717) is 52.0 Å². The van der Waals surface area contributed by atoms with Gasteiger partial charge in [0.2, 0.25) is 5.91 Å². The Morgan fingerprint density at radius 2 is 1.98 bits per heavy atom. The molecule has 0 unspecified atom stereocenters. The fraction of sp³-hybridized carbons (Fsp3) is 0.161. The monoisotopic (exact) mass is 596 g/mol. The number of H-pyrrole nitrogens is 1. The van der Waals surface area contributed by atoms with Crippen molar-refractivity contribution in [2.45, 2.75) is 6.92 Å². The molecule has 1 saturated heterocycles. The minimum Gasteiger partial charge on any atom is -0.360 e. The molecule has 1 aliphatic heterocycles. The lowest BCUT2D eigenvalue weighted by molar-refractivity contribution is -0.129. The summed E-state index contributed by atoms with van der Waals surface area (Å²) >= 11 is 6.34. The maximum atomic E-state index is 15.0. The van der Waals surface area contributed by atoms with Crippen LogP contribution >= 0.6 is 11.6 Å². The van der Waals surface area contributed by atoms with Crippen LogP contribution in [0.3, 0.4) is 0 Å². The van der Waals surface area contributed by atoms with Crippen LogP contribution in [0.25, 0.3) is 5.65 Å². The number of likely N-dealkylation sites (N-methyl/N-ethyl adjacent to an activating group) is 1. The number of hydrogen-bond acceptors (Lipinski definition) is 6. The predicted octanol–water partition coefficient (Wildman–Crippen LogP) is 4.83. The molecule has 0 spiro atoms. The van der Waals surface area contributed by atoms with Gasteiger partial charge >= 0.3 is 0 Å². The van der Waals surface area contributed by atoms with Crippen molar-refractivity contribution in [3.8, 4) is 11.8 Å². The molecule has 0 saturated carbocycles. The average molecular weight is 597 g/mol. The van der Waals surface area contributed by atoms with E-state index in [-0.39, 0.29) is 18.0 Å². The Labute approximate surface area is 251 Å². The van der Waals surface area contributed by atoms with Crippen molar-refractivity contribution in [1.82, 2.24) is 24.5 Å². The molecule has 1 aliphatic rings. The second-order valence-corrected chi connectivity index (χ2v) is 10.6. The van der Waals surface area contributed by atoms with E-state index < -0.39 is 11.7 Å². The number of nitrogens with zero attached hydrogens (tertiary/aromatic N) is 5. The number of imidazole rings is 1. The Hall–Kier alpha value is -5.34. The molecule has 0 aliphatic carbocycles. The van der Waals surface area contributed by atoms with Crippen molar-refractivity contribution in [3.63, 3.8) is 0 Å². The third-order valence-electron chi connectivity index (χ3n) is 7.16. The van der Waals surface area contributed by atoms with Gasteiger partial charge in [-0.1, -0.05) is 17.5 Å². The van der Waals surface area contributed by atoms with E-state index in [1.54, 1.807) is 55.7 Å². The summed E-state index contributed by atoms with van der Waals surface area (Å²) in [7, 11) is 1.76. The number of amides is 2. The fourth-order valence-corrected chi connectivity index (χ4v) is 5.02. The number of carbonyl (C=O) groups is 2. The first-order valence-corrected chi connectivity index (χ1v) is 13.8. The first kappa shape index (κ1) is 27.8. The Morgan fingerprint density at radius 3 is 2.77 bits per heavy atom. The van der Waals surface area contributed by atoms with Gasteiger partial charge in [0, 0.05) is 54.5 Å². The van der Waals surface area contributed by atoms with Crippen LogP contribution in [-0.2, 0) is 4.79 Å².